The van der Waals surface area contributed by atoms with Crippen molar-refractivity contribution < 1.29 is 33.6 Å². The molecule has 0 saturated carbocycles. The molecule has 1 aliphatic carbocycles. The summed E-state index contributed by atoms with van der Waals surface area (Å²) in [4.78, 5) is 43.8. The normalized spacial score (nSPS) is 15.7. The molecule has 2 aromatic rings. The summed E-state index contributed by atoms with van der Waals surface area (Å²) in [5, 5.41) is 9.98. The summed E-state index contributed by atoms with van der Waals surface area (Å²) in [6.07, 6.45) is 3.39. The molecular formula is C28H31O7P. The molecule has 0 unspecified atom stereocenters. The lowest BCUT2D eigenvalue weighted by Crippen LogP contribution is -2.13. The van der Waals surface area contributed by atoms with Crippen LogP contribution in [0.25, 0.3) is 5.57 Å². The molecule has 3 N–H and O–H groups in total. The zero-order valence-corrected chi connectivity index (χ0v) is 22.1. The van der Waals surface area contributed by atoms with Crippen molar-refractivity contribution in [2.75, 3.05) is 0 Å². The number of ketones is 1. The monoisotopic (exact) mass is 510 g/mol. The van der Waals surface area contributed by atoms with Crippen LogP contribution in [0, 0.1) is 12.8 Å². The predicted octanol–water partition coefficient (Wildman–Crippen LogP) is 6.20. The van der Waals surface area contributed by atoms with Gasteiger partial charge in [-0.1, -0.05) is 45.9 Å². The minimum atomic E-state index is -4.80. The number of carbonyl (C=O) groups is 2. The Balaban J connectivity index is 2.49. The highest BCUT2D eigenvalue weighted by molar-refractivity contribution is 7.46. The van der Waals surface area contributed by atoms with Crippen LogP contribution >= 0.6 is 7.82 Å². The van der Waals surface area contributed by atoms with Crippen LogP contribution in [0.5, 0.6) is 5.75 Å². The van der Waals surface area contributed by atoms with Crippen LogP contribution in [0.4, 0.5) is 0 Å². The molecule has 0 aromatic heterocycles. The number of rotatable bonds is 7. The number of carbonyl (C=O) groups excluding carboxylic acids is 1. The molecule has 0 heterocycles. The van der Waals surface area contributed by atoms with Gasteiger partial charge >= 0.3 is 13.8 Å². The molecule has 36 heavy (non-hydrogen) atoms. The van der Waals surface area contributed by atoms with Crippen molar-refractivity contribution in [3.05, 3.63) is 93.1 Å². The summed E-state index contributed by atoms with van der Waals surface area (Å²) in [6.45, 7) is 11.2. The Morgan fingerprint density at radius 2 is 1.53 bits per heavy atom. The van der Waals surface area contributed by atoms with Crippen LogP contribution in [0.2, 0.25) is 0 Å². The summed E-state index contributed by atoms with van der Waals surface area (Å²) in [6, 6.07) is 10.0. The lowest BCUT2D eigenvalue weighted by atomic mass is 9.80. The van der Waals surface area contributed by atoms with Gasteiger partial charge in [0.1, 0.15) is 5.75 Å². The van der Waals surface area contributed by atoms with Gasteiger partial charge in [0.25, 0.3) is 0 Å². The van der Waals surface area contributed by atoms with Crippen LogP contribution in [0.3, 0.4) is 0 Å². The maximum absolute atomic E-state index is 12.7. The second-order valence-electron chi connectivity index (χ2n) is 9.53. The fraction of sp³-hybridized carbons (Fsp3) is 0.286. The van der Waals surface area contributed by atoms with Crippen molar-refractivity contribution in [1.82, 2.24) is 0 Å². The van der Waals surface area contributed by atoms with Gasteiger partial charge < -0.3 is 9.63 Å². The zero-order valence-electron chi connectivity index (χ0n) is 21.2. The molecule has 0 bridgehead atoms. The molecule has 8 heteroatoms. The van der Waals surface area contributed by atoms with Gasteiger partial charge in [-0.05, 0) is 95.0 Å². The summed E-state index contributed by atoms with van der Waals surface area (Å²) >= 11 is 0. The van der Waals surface area contributed by atoms with Crippen LogP contribution in [-0.4, -0.2) is 26.6 Å². The van der Waals surface area contributed by atoms with Crippen molar-refractivity contribution in [3.8, 4) is 5.75 Å². The molecule has 0 amide bonds. The van der Waals surface area contributed by atoms with Gasteiger partial charge in [0.05, 0.1) is 5.56 Å². The number of allylic oxidation sites excluding steroid dienone is 5. The molecule has 2 aromatic carbocycles. The Hall–Kier alpha value is -3.25. The average Bonchev–Trinajstić information content (AvgIpc) is 2.75. The van der Waals surface area contributed by atoms with Gasteiger partial charge in [-0.3, -0.25) is 14.6 Å². The Bertz CT molecular complexity index is 1370. The molecule has 0 atom stereocenters. The van der Waals surface area contributed by atoms with Gasteiger partial charge in [-0.15, -0.1) is 0 Å². The standard InChI is InChI=1S/C28H31O7P/c1-15(2)21-13-23(17(5)11-25(21)29)27(19-9-7-8-10-20(19)28(30)31)24-14-22(16(3)4)26(12-18(24)6)35-36(32,33)34/h7-16H,1-6H3,(H,30,31)(H2,32,33,34)/b27-23+. The van der Waals surface area contributed by atoms with Gasteiger partial charge in [0, 0.05) is 5.57 Å². The Morgan fingerprint density at radius 3 is 2.06 bits per heavy atom. The molecule has 0 fully saturated rings. The highest BCUT2D eigenvalue weighted by Crippen LogP contribution is 2.45. The average molecular weight is 511 g/mol. The van der Waals surface area contributed by atoms with E-state index in [0.717, 1.165) is 0 Å². The minimum absolute atomic E-state index is 0.0424. The van der Waals surface area contributed by atoms with E-state index >= 15 is 0 Å². The third kappa shape index (κ3) is 5.76. The smallest absolute Gasteiger partial charge is 0.478 e. The number of phosphoric acid groups is 1. The molecule has 7 nitrogen and oxygen atoms in total. The molecule has 1 aliphatic rings. The number of benzene rings is 2. The number of phosphoric ester groups is 1. The zero-order chi connectivity index (χ0) is 26.9. The summed E-state index contributed by atoms with van der Waals surface area (Å²) < 4.78 is 16.6. The second-order valence-corrected chi connectivity index (χ2v) is 10.7. The Labute approximate surface area is 211 Å². The van der Waals surface area contributed by atoms with Crippen molar-refractivity contribution in [1.29, 1.82) is 0 Å². The van der Waals surface area contributed by atoms with E-state index in [1.807, 2.05) is 40.7 Å². The number of carboxylic acids is 1. The highest BCUT2D eigenvalue weighted by Gasteiger charge is 2.27. The Kier molecular flexibility index (Phi) is 7.89. The fourth-order valence-corrected chi connectivity index (χ4v) is 4.78. The largest absolute Gasteiger partial charge is 0.524 e. The molecule has 3 rings (SSSR count). The summed E-state index contributed by atoms with van der Waals surface area (Å²) in [7, 11) is -4.80. The van der Waals surface area contributed by atoms with Crippen LogP contribution in [0.1, 0.15) is 73.1 Å². The van der Waals surface area contributed by atoms with E-state index < -0.39 is 13.8 Å². The van der Waals surface area contributed by atoms with E-state index in [1.165, 1.54) is 6.07 Å². The first-order valence-corrected chi connectivity index (χ1v) is 13.2. The molecule has 0 radical (unpaired) electrons. The molecule has 190 valence electrons. The van der Waals surface area contributed by atoms with Crippen LogP contribution < -0.4 is 4.52 Å². The van der Waals surface area contributed by atoms with E-state index in [-0.39, 0.29) is 28.9 Å². The quantitative estimate of drug-likeness (QED) is 0.379. The summed E-state index contributed by atoms with van der Waals surface area (Å²) in [5.74, 6) is -1.30. The predicted molar refractivity (Wildman–Crippen MR) is 139 cm³/mol. The molecule has 0 aliphatic heterocycles. The first-order valence-electron chi connectivity index (χ1n) is 11.6. The lowest BCUT2D eigenvalue weighted by molar-refractivity contribution is -0.111. The lowest BCUT2D eigenvalue weighted by Gasteiger charge is -2.24. The van der Waals surface area contributed by atoms with Gasteiger partial charge in [-0.25, -0.2) is 9.36 Å². The van der Waals surface area contributed by atoms with E-state index in [0.29, 0.717) is 44.5 Å². The van der Waals surface area contributed by atoms with E-state index in [2.05, 4.69) is 0 Å². The number of hydrogen-bond donors (Lipinski definition) is 3. The molecular weight excluding hydrogens is 479 g/mol. The van der Waals surface area contributed by atoms with Crippen LogP contribution in [0.15, 0.2) is 65.3 Å². The number of carboxylic acid groups (broad SMARTS) is 1. The fourth-order valence-electron chi connectivity index (χ4n) is 4.37. The maximum Gasteiger partial charge on any atom is 0.524 e. The number of hydrogen-bond acceptors (Lipinski definition) is 4. The van der Waals surface area contributed by atoms with Gasteiger partial charge in [-0.2, -0.15) is 0 Å². The maximum atomic E-state index is 12.7. The van der Waals surface area contributed by atoms with Crippen LogP contribution in [-0.2, 0) is 9.36 Å². The van der Waals surface area contributed by atoms with E-state index in [9.17, 15) is 29.0 Å². The van der Waals surface area contributed by atoms with Crippen molar-refractivity contribution in [2.45, 2.75) is 47.5 Å². The first-order chi connectivity index (χ1) is 16.7. The van der Waals surface area contributed by atoms with Crippen molar-refractivity contribution in [3.63, 3.8) is 0 Å². The Morgan fingerprint density at radius 1 is 0.917 bits per heavy atom. The van der Waals surface area contributed by atoms with E-state index in [4.69, 9.17) is 4.52 Å². The second kappa shape index (κ2) is 10.4. The summed E-state index contributed by atoms with van der Waals surface area (Å²) in [5.41, 5.74) is 5.10. The SMILES string of the molecule is CC1=CC(=O)C(C(C)C)=C/C1=C(\c1cc(C(C)C)c(OP(=O)(O)O)cc1C)c1ccccc1C(=O)O. The number of aryl methyl sites for hydroxylation is 1. The minimum Gasteiger partial charge on any atom is -0.478 e. The molecule has 0 saturated heterocycles. The van der Waals surface area contributed by atoms with Gasteiger partial charge in [0.15, 0.2) is 5.78 Å². The van der Waals surface area contributed by atoms with E-state index in [1.54, 1.807) is 43.3 Å². The third-order valence-electron chi connectivity index (χ3n) is 6.14. The topological polar surface area (TPSA) is 121 Å². The van der Waals surface area contributed by atoms with Gasteiger partial charge in [0.2, 0.25) is 0 Å². The first kappa shape index (κ1) is 27.3. The molecule has 0 spiro atoms. The highest BCUT2D eigenvalue weighted by atomic mass is 31.2. The van der Waals surface area contributed by atoms with Crippen molar-refractivity contribution >= 4 is 25.1 Å². The van der Waals surface area contributed by atoms with Crippen molar-refractivity contribution in [2.24, 2.45) is 5.92 Å². The number of aromatic carboxylic acids is 1. The third-order valence-corrected chi connectivity index (χ3v) is 6.57.